The van der Waals surface area contributed by atoms with E-state index < -0.39 is 0 Å². The standard InChI is InChI=1S/C17H16N2O2/c20-16-12-19(11-10-13-6-4-5-9-15(13)16)17(21)18-14-7-2-1-3-8-14/h1-9H,10-12H2,(H,18,21). The Kier molecular flexibility index (Phi) is 3.69. The number of amides is 2. The van der Waals surface area contributed by atoms with Gasteiger partial charge in [-0.25, -0.2) is 4.79 Å². The fourth-order valence-corrected chi connectivity index (χ4v) is 2.50. The summed E-state index contributed by atoms with van der Waals surface area (Å²) < 4.78 is 0. The van der Waals surface area contributed by atoms with Crippen molar-refractivity contribution in [2.24, 2.45) is 0 Å². The Morgan fingerprint density at radius 3 is 2.52 bits per heavy atom. The SMILES string of the molecule is O=C1CN(C(=O)Nc2ccccc2)CCc2ccccc21. The van der Waals surface area contributed by atoms with Gasteiger partial charge in [-0.1, -0.05) is 42.5 Å². The third kappa shape index (κ3) is 2.94. The molecule has 106 valence electrons. The van der Waals surface area contributed by atoms with Crippen molar-refractivity contribution in [3.05, 3.63) is 65.7 Å². The molecule has 0 aromatic heterocycles. The van der Waals surface area contributed by atoms with E-state index >= 15 is 0 Å². The van der Waals surface area contributed by atoms with E-state index in [0.717, 1.165) is 16.8 Å². The van der Waals surface area contributed by atoms with Crippen LogP contribution in [0.2, 0.25) is 0 Å². The molecule has 3 rings (SSSR count). The van der Waals surface area contributed by atoms with Gasteiger partial charge in [0.25, 0.3) is 0 Å². The van der Waals surface area contributed by atoms with Gasteiger partial charge in [0, 0.05) is 17.8 Å². The Morgan fingerprint density at radius 2 is 1.71 bits per heavy atom. The molecule has 1 heterocycles. The first-order chi connectivity index (χ1) is 10.2. The molecule has 21 heavy (non-hydrogen) atoms. The molecule has 1 N–H and O–H groups in total. The first-order valence-corrected chi connectivity index (χ1v) is 6.96. The summed E-state index contributed by atoms with van der Waals surface area (Å²) in [6, 6.07) is 16.6. The quantitative estimate of drug-likeness (QED) is 0.873. The Morgan fingerprint density at radius 1 is 1.00 bits per heavy atom. The first-order valence-electron chi connectivity index (χ1n) is 6.96. The van der Waals surface area contributed by atoms with E-state index in [-0.39, 0.29) is 18.4 Å². The number of carbonyl (C=O) groups is 2. The maximum Gasteiger partial charge on any atom is 0.322 e. The smallest absolute Gasteiger partial charge is 0.316 e. The van der Waals surface area contributed by atoms with Crippen LogP contribution in [0.3, 0.4) is 0 Å². The van der Waals surface area contributed by atoms with Gasteiger partial charge in [-0.15, -0.1) is 0 Å². The van der Waals surface area contributed by atoms with Crippen molar-refractivity contribution in [1.29, 1.82) is 0 Å². The highest BCUT2D eigenvalue weighted by molar-refractivity contribution is 6.02. The van der Waals surface area contributed by atoms with Gasteiger partial charge >= 0.3 is 6.03 Å². The van der Waals surface area contributed by atoms with Gasteiger partial charge in [0.2, 0.25) is 0 Å². The average Bonchev–Trinajstić information content (AvgIpc) is 2.68. The summed E-state index contributed by atoms with van der Waals surface area (Å²) in [5, 5.41) is 2.82. The predicted octanol–water partition coefficient (Wildman–Crippen LogP) is 2.96. The molecule has 0 bridgehead atoms. The van der Waals surface area contributed by atoms with Crippen LogP contribution in [0.25, 0.3) is 0 Å². The molecule has 4 nitrogen and oxygen atoms in total. The molecule has 1 aliphatic rings. The van der Waals surface area contributed by atoms with Gasteiger partial charge in [0.1, 0.15) is 0 Å². The molecule has 0 spiro atoms. The molecule has 0 radical (unpaired) electrons. The summed E-state index contributed by atoms with van der Waals surface area (Å²) in [6.07, 6.45) is 0.699. The van der Waals surface area contributed by atoms with Crippen LogP contribution in [-0.2, 0) is 6.42 Å². The highest BCUT2D eigenvalue weighted by Gasteiger charge is 2.23. The third-order valence-corrected chi connectivity index (χ3v) is 3.62. The van der Waals surface area contributed by atoms with Gasteiger partial charge in [-0.2, -0.15) is 0 Å². The summed E-state index contributed by atoms with van der Waals surface area (Å²) in [4.78, 5) is 26.1. The molecule has 4 heteroatoms. The van der Waals surface area contributed by atoms with Crippen LogP contribution in [0.1, 0.15) is 15.9 Å². The Labute approximate surface area is 123 Å². The number of rotatable bonds is 1. The minimum absolute atomic E-state index is 0.00804. The molecular weight excluding hydrogens is 264 g/mol. The van der Waals surface area contributed by atoms with E-state index in [9.17, 15) is 9.59 Å². The lowest BCUT2D eigenvalue weighted by Crippen LogP contribution is -2.38. The second-order valence-electron chi connectivity index (χ2n) is 5.05. The first kappa shape index (κ1) is 13.4. The predicted molar refractivity (Wildman–Crippen MR) is 81.5 cm³/mol. The Hall–Kier alpha value is -2.62. The van der Waals surface area contributed by atoms with Gasteiger partial charge < -0.3 is 10.2 Å². The fraction of sp³-hybridized carbons (Fsp3) is 0.176. The lowest BCUT2D eigenvalue weighted by atomic mass is 10.0. The van der Waals surface area contributed by atoms with Crippen LogP contribution in [0.5, 0.6) is 0 Å². The average molecular weight is 280 g/mol. The van der Waals surface area contributed by atoms with E-state index in [2.05, 4.69) is 5.32 Å². The largest absolute Gasteiger partial charge is 0.322 e. The van der Waals surface area contributed by atoms with E-state index in [0.29, 0.717) is 13.0 Å². The maximum atomic E-state index is 12.3. The number of Topliss-reactive ketones (excluding diaryl/α,β-unsaturated/α-hetero) is 1. The van der Waals surface area contributed by atoms with Crippen molar-refractivity contribution < 1.29 is 9.59 Å². The van der Waals surface area contributed by atoms with Gasteiger partial charge in [-0.05, 0) is 24.1 Å². The second-order valence-corrected chi connectivity index (χ2v) is 5.05. The molecule has 0 saturated carbocycles. The molecular formula is C17H16N2O2. The monoisotopic (exact) mass is 280 g/mol. The Balaban J connectivity index is 1.74. The number of ketones is 1. The number of fused-ring (bicyclic) bond motifs is 1. The molecule has 0 fully saturated rings. The number of nitrogens with zero attached hydrogens (tertiary/aromatic N) is 1. The minimum atomic E-state index is -0.234. The van der Waals surface area contributed by atoms with Crippen molar-refractivity contribution in [2.75, 3.05) is 18.4 Å². The van der Waals surface area contributed by atoms with Crippen molar-refractivity contribution in [2.45, 2.75) is 6.42 Å². The van der Waals surface area contributed by atoms with Crippen LogP contribution in [0, 0.1) is 0 Å². The zero-order valence-electron chi connectivity index (χ0n) is 11.6. The highest BCUT2D eigenvalue weighted by Crippen LogP contribution is 2.16. The molecule has 2 aromatic rings. The topological polar surface area (TPSA) is 49.4 Å². The van der Waals surface area contributed by atoms with E-state index in [1.807, 2.05) is 54.6 Å². The molecule has 0 aliphatic carbocycles. The fourth-order valence-electron chi connectivity index (χ4n) is 2.50. The summed E-state index contributed by atoms with van der Waals surface area (Å²) in [7, 11) is 0. The zero-order valence-corrected chi connectivity index (χ0v) is 11.6. The van der Waals surface area contributed by atoms with Crippen molar-refractivity contribution in [3.8, 4) is 0 Å². The second kappa shape index (κ2) is 5.79. The summed E-state index contributed by atoms with van der Waals surface area (Å²) >= 11 is 0. The molecule has 1 aliphatic heterocycles. The van der Waals surface area contributed by atoms with E-state index in [4.69, 9.17) is 0 Å². The van der Waals surface area contributed by atoms with Gasteiger partial charge in [0.15, 0.2) is 5.78 Å². The minimum Gasteiger partial charge on any atom is -0.316 e. The number of carbonyl (C=O) groups excluding carboxylic acids is 2. The van der Waals surface area contributed by atoms with E-state index in [1.165, 1.54) is 0 Å². The number of benzene rings is 2. The van der Waals surface area contributed by atoms with Crippen molar-refractivity contribution in [1.82, 2.24) is 4.90 Å². The number of hydrogen-bond acceptors (Lipinski definition) is 2. The van der Waals surface area contributed by atoms with Crippen molar-refractivity contribution in [3.63, 3.8) is 0 Å². The van der Waals surface area contributed by atoms with Gasteiger partial charge in [0.05, 0.1) is 6.54 Å². The molecule has 2 aromatic carbocycles. The normalized spacial score (nSPS) is 14.3. The number of hydrogen-bond donors (Lipinski definition) is 1. The molecule has 0 atom stereocenters. The van der Waals surface area contributed by atoms with Crippen molar-refractivity contribution >= 4 is 17.5 Å². The molecule has 0 unspecified atom stereocenters. The highest BCUT2D eigenvalue weighted by atomic mass is 16.2. The number of nitrogens with one attached hydrogen (secondary N) is 1. The molecule has 0 saturated heterocycles. The van der Waals surface area contributed by atoms with Crippen LogP contribution in [0.4, 0.5) is 10.5 Å². The van der Waals surface area contributed by atoms with Gasteiger partial charge in [-0.3, -0.25) is 4.79 Å². The van der Waals surface area contributed by atoms with Crippen LogP contribution >= 0.6 is 0 Å². The summed E-state index contributed by atoms with van der Waals surface area (Å²) in [5.74, 6) is -0.00804. The number of anilines is 1. The maximum absolute atomic E-state index is 12.3. The van der Waals surface area contributed by atoms with E-state index in [1.54, 1.807) is 4.90 Å². The zero-order chi connectivity index (χ0) is 14.7. The third-order valence-electron chi connectivity index (χ3n) is 3.62. The lowest BCUT2D eigenvalue weighted by Gasteiger charge is -2.20. The van der Waals surface area contributed by atoms with Crippen LogP contribution in [-0.4, -0.2) is 29.8 Å². The number of para-hydroxylation sites is 1. The number of urea groups is 1. The molecule has 2 amide bonds. The Bertz CT molecular complexity index is 668. The van der Waals surface area contributed by atoms with Crippen LogP contribution < -0.4 is 5.32 Å². The lowest BCUT2D eigenvalue weighted by molar-refractivity contribution is 0.0955. The summed E-state index contributed by atoms with van der Waals surface area (Å²) in [6.45, 7) is 0.664. The van der Waals surface area contributed by atoms with Crippen LogP contribution in [0.15, 0.2) is 54.6 Å². The summed E-state index contributed by atoms with van der Waals surface area (Å²) in [5.41, 5.74) is 2.47.